The number of carbonyl (C=O) groups excluding carboxylic acids is 1. The average molecular weight is 211 g/mol. The monoisotopic (exact) mass is 211 g/mol. The van der Waals surface area contributed by atoms with Crippen molar-refractivity contribution >= 4 is 6.03 Å². The van der Waals surface area contributed by atoms with Gasteiger partial charge in [0, 0.05) is 26.2 Å². The predicted octanol–water partition coefficient (Wildman–Crippen LogP) is 0.740. The van der Waals surface area contributed by atoms with Crippen molar-refractivity contribution in [1.29, 1.82) is 0 Å². The largest absolute Gasteiger partial charge is 0.323 e. The lowest BCUT2D eigenvalue weighted by Crippen LogP contribution is -2.39. The summed E-state index contributed by atoms with van der Waals surface area (Å²) in [5.41, 5.74) is 0. The van der Waals surface area contributed by atoms with Crippen molar-refractivity contribution in [2.24, 2.45) is 5.92 Å². The first-order chi connectivity index (χ1) is 7.11. The van der Waals surface area contributed by atoms with Crippen LogP contribution in [0.25, 0.3) is 0 Å². The van der Waals surface area contributed by atoms with Gasteiger partial charge in [-0.3, -0.25) is 0 Å². The summed E-state index contributed by atoms with van der Waals surface area (Å²) in [5.74, 6) is 0.540. The zero-order chi connectivity index (χ0) is 11.0. The lowest BCUT2D eigenvalue weighted by molar-refractivity contribution is 0.182. The van der Waals surface area contributed by atoms with E-state index in [-0.39, 0.29) is 6.03 Å². The molecule has 0 aliphatic carbocycles. The summed E-state index contributed by atoms with van der Waals surface area (Å²) in [6, 6.07) is 1.02. The second-order valence-electron chi connectivity index (χ2n) is 5.00. The molecule has 0 aromatic carbocycles. The molecule has 0 aromatic heterocycles. The average Bonchev–Trinajstić information content (AvgIpc) is 2.77. The summed E-state index contributed by atoms with van der Waals surface area (Å²) < 4.78 is 0. The van der Waals surface area contributed by atoms with E-state index in [1.165, 1.54) is 0 Å². The number of nitrogens with zero attached hydrogens (tertiary/aromatic N) is 2. The standard InChI is InChI=1S/C11H21N3O/c1-8(2)10-7-14(11(15)13(10)3)9-4-5-12-6-9/h8-10,12H,4-7H2,1-3H3. The minimum atomic E-state index is 0.211. The Balaban J connectivity index is 2.05. The van der Waals surface area contributed by atoms with Gasteiger partial charge in [0.15, 0.2) is 0 Å². The molecule has 0 aromatic rings. The van der Waals surface area contributed by atoms with Gasteiger partial charge in [-0.05, 0) is 18.9 Å². The third kappa shape index (κ3) is 1.83. The van der Waals surface area contributed by atoms with Gasteiger partial charge in [0.2, 0.25) is 0 Å². The zero-order valence-corrected chi connectivity index (χ0v) is 9.86. The third-order valence-corrected chi connectivity index (χ3v) is 3.67. The summed E-state index contributed by atoms with van der Waals surface area (Å²) in [7, 11) is 1.93. The maximum Gasteiger partial charge on any atom is 0.320 e. The summed E-state index contributed by atoms with van der Waals surface area (Å²) in [4.78, 5) is 16.0. The molecule has 2 saturated heterocycles. The summed E-state index contributed by atoms with van der Waals surface area (Å²) in [6.07, 6.45) is 1.10. The Hall–Kier alpha value is -0.770. The van der Waals surface area contributed by atoms with Crippen molar-refractivity contribution in [1.82, 2.24) is 15.1 Å². The van der Waals surface area contributed by atoms with Crippen LogP contribution in [0.4, 0.5) is 4.79 Å². The van der Waals surface area contributed by atoms with Gasteiger partial charge in [0.05, 0.1) is 6.04 Å². The van der Waals surface area contributed by atoms with E-state index in [0.717, 1.165) is 26.1 Å². The van der Waals surface area contributed by atoms with Crippen molar-refractivity contribution in [2.75, 3.05) is 26.7 Å². The lowest BCUT2D eigenvalue weighted by Gasteiger charge is -2.22. The number of nitrogens with one attached hydrogen (secondary N) is 1. The van der Waals surface area contributed by atoms with Gasteiger partial charge in [0.1, 0.15) is 0 Å². The van der Waals surface area contributed by atoms with Crippen LogP contribution in [-0.4, -0.2) is 54.6 Å². The Morgan fingerprint density at radius 3 is 2.67 bits per heavy atom. The quantitative estimate of drug-likeness (QED) is 0.731. The number of hydrogen-bond acceptors (Lipinski definition) is 2. The second-order valence-corrected chi connectivity index (χ2v) is 5.00. The normalized spacial score (nSPS) is 32.1. The molecule has 0 bridgehead atoms. The molecule has 0 radical (unpaired) electrons. The Labute approximate surface area is 91.6 Å². The summed E-state index contributed by atoms with van der Waals surface area (Å²) >= 11 is 0. The molecule has 2 rings (SSSR count). The van der Waals surface area contributed by atoms with Crippen LogP contribution in [0.1, 0.15) is 20.3 Å². The van der Waals surface area contributed by atoms with Crippen LogP contribution in [-0.2, 0) is 0 Å². The summed E-state index contributed by atoms with van der Waals surface area (Å²) in [6.45, 7) is 7.28. The Kier molecular flexibility index (Phi) is 2.87. The minimum absolute atomic E-state index is 0.211. The van der Waals surface area contributed by atoms with Gasteiger partial charge in [-0.1, -0.05) is 13.8 Å². The Morgan fingerprint density at radius 1 is 1.47 bits per heavy atom. The van der Waals surface area contributed by atoms with E-state index in [1.807, 2.05) is 16.8 Å². The van der Waals surface area contributed by atoms with E-state index in [0.29, 0.717) is 18.0 Å². The molecule has 2 unspecified atom stereocenters. The van der Waals surface area contributed by atoms with Crippen LogP contribution in [0.15, 0.2) is 0 Å². The molecular formula is C11H21N3O. The van der Waals surface area contributed by atoms with Gasteiger partial charge in [0.25, 0.3) is 0 Å². The molecule has 2 fully saturated rings. The van der Waals surface area contributed by atoms with Crippen LogP contribution in [0.2, 0.25) is 0 Å². The first-order valence-corrected chi connectivity index (χ1v) is 5.85. The molecule has 1 N–H and O–H groups in total. The van der Waals surface area contributed by atoms with E-state index in [9.17, 15) is 4.79 Å². The number of rotatable bonds is 2. The van der Waals surface area contributed by atoms with Crippen LogP contribution in [0.3, 0.4) is 0 Å². The number of hydrogen-bond donors (Lipinski definition) is 1. The van der Waals surface area contributed by atoms with E-state index < -0.39 is 0 Å². The molecule has 15 heavy (non-hydrogen) atoms. The Bertz CT molecular complexity index is 248. The van der Waals surface area contributed by atoms with Crippen LogP contribution in [0, 0.1) is 5.92 Å². The van der Waals surface area contributed by atoms with Crippen molar-refractivity contribution in [3.05, 3.63) is 0 Å². The first kappa shape index (κ1) is 10.7. The van der Waals surface area contributed by atoms with E-state index in [1.54, 1.807) is 0 Å². The molecule has 2 aliphatic heterocycles. The molecule has 2 heterocycles. The van der Waals surface area contributed by atoms with Crippen molar-refractivity contribution in [3.63, 3.8) is 0 Å². The maximum atomic E-state index is 12.0. The van der Waals surface area contributed by atoms with Crippen LogP contribution < -0.4 is 5.32 Å². The van der Waals surface area contributed by atoms with Gasteiger partial charge >= 0.3 is 6.03 Å². The summed E-state index contributed by atoms with van der Waals surface area (Å²) in [5, 5.41) is 3.32. The predicted molar refractivity (Wildman–Crippen MR) is 59.8 cm³/mol. The highest BCUT2D eigenvalue weighted by molar-refractivity contribution is 5.77. The van der Waals surface area contributed by atoms with Gasteiger partial charge in [-0.25, -0.2) is 4.79 Å². The highest BCUT2D eigenvalue weighted by Gasteiger charge is 2.40. The Morgan fingerprint density at radius 2 is 2.20 bits per heavy atom. The highest BCUT2D eigenvalue weighted by atomic mass is 16.2. The second kappa shape index (κ2) is 4.00. The van der Waals surface area contributed by atoms with Gasteiger partial charge < -0.3 is 15.1 Å². The van der Waals surface area contributed by atoms with E-state index in [2.05, 4.69) is 19.2 Å². The number of urea groups is 1. The molecule has 2 atom stereocenters. The molecule has 86 valence electrons. The van der Waals surface area contributed by atoms with Crippen molar-refractivity contribution in [2.45, 2.75) is 32.4 Å². The zero-order valence-electron chi connectivity index (χ0n) is 9.86. The SMILES string of the molecule is CC(C)C1CN(C2CCNC2)C(=O)N1C. The number of carbonyl (C=O) groups is 1. The molecular weight excluding hydrogens is 190 g/mol. The van der Waals surface area contributed by atoms with Gasteiger partial charge in [-0.2, -0.15) is 0 Å². The van der Waals surface area contributed by atoms with Crippen LogP contribution >= 0.6 is 0 Å². The molecule has 4 nitrogen and oxygen atoms in total. The molecule has 2 aliphatic rings. The molecule has 0 saturated carbocycles. The number of amides is 2. The van der Waals surface area contributed by atoms with Crippen molar-refractivity contribution < 1.29 is 4.79 Å². The minimum Gasteiger partial charge on any atom is -0.323 e. The fourth-order valence-corrected chi connectivity index (χ4v) is 2.62. The van der Waals surface area contributed by atoms with E-state index >= 15 is 0 Å². The topological polar surface area (TPSA) is 35.6 Å². The fourth-order valence-electron chi connectivity index (χ4n) is 2.62. The molecule has 0 spiro atoms. The van der Waals surface area contributed by atoms with Gasteiger partial charge in [-0.15, -0.1) is 0 Å². The van der Waals surface area contributed by atoms with Crippen LogP contribution in [0.5, 0.6) is 0 Å². The van der Waals surface area contributed by atoms with Crippen molar-refractivity contribution in [3.8, 4) is 0 Å². The smallest absolute Gasteiger partial charge is 0.320 e. The third-order valence-electron chi connectivity index (χ3n) is 3.67. The lowest BCUT2D eigenvalue weighted by atomic mass is 10.0. The first-order valence-electron chi connectivity index (χ1n) is 5.85. The molecule has 2 amide bonds. The maximum absolute atomic E-state index is 12.0. The highest BCUT2D eigenvalue weighted by Crippen LogP contribution is 2.23. The molecule has 4 heteroatoms. The van der Waals surface area contributed by atoms with E-state index in [4.69, 9.17) is 0 Å². The fraction of sp³-hybridized carbons (Fsp3) is 0.909. The number of likely N-dealkylation sites (N-methyl/N-ethyl adjacent to an activating group) is 1.